The molecule has 0 fully saturated rings. The Morgan fingerprint density at radius 1 is 1.44 bits per heavy atom. The van der Waals surface area contributed by atoms with E-state index in [9.17, 15) is 0 Å². The number of hydrogen-bond acceptors (Lipinski definition) is 3. The molecule has 2 aromatic heterocycles. The maximum atomic E-state index is 4.28. The first-order valence-electron chi connectivity index (χ1n) is 4.98. The first kappa shape index (κ1) is 11.1. The van der Waals surface area contributed by atoms with Gasteiger partial charge in [0.1, 0.15) is 5.82 Å². The van der Waals surface area contributed by atoms with Crippen molar-refractivity contribution in [2.24, 2.45) is 7.05 Å². The van der Waals surface area contributed by atoms with E-state index in [0.29, 0.717) is 0 Å². The molecule has 2 aromatic rings. The summed E-state index contributed by atoms with van der Waals surface area (Å²) < 4.78 is 2.82. The van der Waals surface area contributed by atoms with Crippen LogP contribution < -0.4 is 5.32 Å². The molecule has 2 rings (SSSR count). The predicted molar refractivity (Wildman–Crippen MR) is 67.2 cm³/mol. The van der Waals surface area contributed by atoms with Gasteiger partial charge in [0.2, 0.25) is 0 Å². The lowest BCUT2D eigenvalue weighted by Gasteiger charge is -2.05. The average molecular weight is 281 g/mol. The third-order valence-electron chi connectivity index (χ3n) is 2.28. The fourth-order valence-corrected chi connectivity index (χ4v) is 1.61. The van der Waals surface area contributed by atoms with Crippen molar-refractivity contribution in [3.05, 3.63) is 40.3 Å². The van der Waals surface area contributed by atoms with Gasteiger partial charge in [-0.05, 0) is 34.5 Å². The number of rotatable bonds is 3. The Bertz CT molecular complexity index is 492. The number of pyridine rings is 1. The highest BCUT2D eigenvalue weighted by Gasteiger charge is 2.00. The molecule has 0 saturated carbocycles. The van der Waals surface area contributed by atoms with Crippen molar-refractivity contribution in [3.63, 3.8) is 0 Å². The summed E-state index contributed by atoms with van der Waals surface area (Å²) in [6, 6.07) is 2.01. The number of anilines is 1. The van der Waals surface area contributed by atoms with Crippen LogP contribution in [0.3, 0.4) is 0 Å². The standard InChI is InChI=1S/C11H13BrN4/c1-8-3-11(14-6-10(8)12)13-4-9-5-15-16(2)7-9/h3,5-7H,4H2,1-2H3,(H,13,14). The van der Waals surface area contributed by atoms with Crippen LogP contribution in [-0.2, 0) is 13.6 Å². The molecule has 1 N–H and O–H groups in total. The minimum absolute atomic E-state index is 0.738. The quantitative estimate of drug-likeness (QED) is 0.940. The van der Waals surface area contributed by atoms with Crippen LogP contribution in [0.15, 0.2) is 29.1 Å². The summed E-state index contributed by atoms with van der Waals surface area (Å²) in [5, 5.41) is 7.37. The third-order valence-corrected chi connectivity index (χ3v) is 3.11. The summed E-state index contributed by atoms with van der Waals surface area (Å²) in [6.07, 6.45) is 5.64. The Kier molecular flexibility index (Phi) is 3.24. The molecule has 0 bridgehead atoms. The number of hydrogen-bond donors (Lipinski definition) is 1. The van der Waals surface area contributed by atoms with E-state index in [4.69, 9.17) is 0 Å². The molecule has 5 heteroatoms. The molecule has 0 amide bonds. The van der Waals surface area contributed by atoms with Crippen LogP contribution >= 0.6 is 15.9 Å². The van der Waals surface area contributed by atoms with Crippen LogP contribution in [0, 0.1) is 6.92 Å². The topological polar surface area (TPSA) is 42.7 Å². The van der Waals surface area contributed by atoms with Crippen LogP contribution in [0.25, 0.3) is 0 Å². The second-order valence-electron chi connectivity index (χ2n) is 3.69. The van der Waals surface area contributed by atoms with Gasteiger partial charge in [0, 0.05) is 36.0 Å². The van der Waals surface area contributed by atoms with E-state index in [1.807, 2.05) is 32.4 Å². The molecule has 0 aliphatic heterocycles. The summed E-state index contributed by atoms with van der Waals surface area (Å²) in [7, 11) is 1.91. The summed E-state index contributed by atoms with van der Waals surface area (Å²) in [4.78, 5) is 4.28. The molecule has 0 aliphatic rings. The van der Waals surface area contributed by atoms with Gasteiger partial charge in [0.25, 0.3) is 0 Å². The van der Waals surface area contributed by atoms with Crippen LogP contribution in [0.1, 0.15) is 11.1 Å². The van der Waals surface area contributed by atoms with Crippen LogP contribution in [0.4, 0.5) is 5.82 Å². The van der Waals surface area contributed by atoms with Crippen molar-refractivity contribution in [2.75, 3.05) is 5.32 Å². The lowest BCUT2D eigenvalue weighted by Crippen LogP contribution is -2.00. The average Bonchev–Trinajstić information content (AvgIpc) is 2.66. The summed E-state index contributed by atoms with van der Waals surface area (Å²) in [6.45, 7) is 2.78. The zero-order chi connectivity index (χ0) is 11.5. The Labute approximate surface area is 103 Å². The Morgan fingerprint density at radius 3 is 2.88 bits per heavy atom. The maximum Gasteiger partial charge on any atom is 0.126 e. The van der Waals surface area contributed by atoms with Crippen LogP contribution in [0.2, 0.25) is 0 Å². The lowest BCUT2D eigenvalue weighted by molar-refractivity contribution is 0.767. The van der Waals surface area contributed by atoms with Gasteiger partial charge in [-0.25, -0.2) is 4.98 Å². The van der Waals surface area contributed by atoms with E-state index in [1.54, 1.807) is 10.9 Å². The molecule has 84 valence electrons. The highest BCUT2D eigenvalue weighted by atomic mass is 79.9. The van der Waals surface area contributed by atoms with Crippen LogP contribution in [-0.4, -0.2) is 14.8 Å². The van der Waals surface area contributed by atoms with E-state index in [0.717, 1.165) is 22.4 Å². The molecular formula is C11H13BrN4. The normalized spacial score (nSPS) is 10.4. The number of aromatic nitrogens is 3. The Hall–Kier alpha value is -1.36. The van der Waals surface area contributed by atoms with Gasteiger partial charge in [0.15, 0.2) is 0 Å². The fraction of sp³-hybridized carbons (Fsp3) is 0.273. The molecule has 0 radical (unpaired) electrons. The molecule has 0 unspecified atom stereocenters. The summed E-state index contributed by atoms with van der Waals surface area (Å²) in [5.41, 5.74) is 2.31. The van der Waals surface area contributed by atoms with Gasteiger partial charge in [-0.1, -0.05) is 0 Å². The van der Waals surface area contributed by atoms with Gasteiger partial charge in [-0.3, -0.25) is 4.68 Å². The van der Waals surface area contributed by atoms with Gasteiger partial charge >= 0.3 is 0 Å². The van der Waals surface area contributed by atoms with E-state index in [1.165, 1.54) is 5.56 Å². The predicted octanol–water partition coefficient (Wildman–Crippen LogP) is 2.50. The van der Waals surface area contributed by atoms with Crippen molar-refractivity contribution in [1.29, 1.82) is 0 Å². The summed E-state index contributed by atoms with van der Waals surface area (Å²) in [5.74, 6) is 0.879. The molecule has 0 spiro atoms. The van der Waals surface area contributed by atoms with E-state index >= 15 is 0 Å². The molecule has 0 aliphatic carbocycles. The zero-order valence-electron chi connectivity index (χ0n) is 9.24. The minimum Gasteiger partial charge on any atom is -0.366 e. The van der Waals surface area contributed by atoms with Gasteiger partial charge in [0.05, 0.1) is 6.20 Å². The zero-order valence-corrected chi connectivity index (χ0v) is 10.8. The minimum atomic E-state index is 0.738. The SMILES string of the molecule is Cc1cc(NCc2cnn(C)c2)ncc1Br. The van der Waals surface area contributed by atoms with Crippen molar-refractivity contribution in [1.82, 2.24) is 14.8 Å². The van der Waals surface area contributed by atoms with Crippen molar-refractivity contribution in [3.8, 4) is 0 Å². The maximum absolute atomic E-state index is 4.28. The second kappa shape index (κ2) is 4.65. The van der Waals surface area contributed by atoms with Crippen LogP contribution in [0.5, 0.6) is 0 Å². The highest BCUT2D eigenvalue weighted by molar-refractivity contribution is 9.10. The van der Waals surface area contributed by atoms with Gasteiger partial charge in [-0.15, -0.1) is 0 Å². The lowest BCUT2D eigenvalue weighted by atomic mass is 10.3. The third kappa shape index (κ3) is 2.61. The molecule has 16 heavy (non-hydrogen) atoms. The Morgan fingerprint density at radius 2 is 2.25 bits per heavy atom. The monoisotopic (exact) mass is 280 g/mol. The summed E-state index contributed by atoms with van der Waals surface area (Å²) >= 11 is 3.43. The molecule has 0 aromatic carbocycles. The molecule has 0 saturated heterocycles. The van der Waals surface area contributed by atoms with E-state index in [2.05, 4.69) is 31.3 Å². The van der Waals surface area contributed by atoms with E-state index < -0.39 is 0 Å². The largest absolute Gasteiger partial charge is 0.366 e. The number of aryl methyl sites for hydroxylation is 2. The molecular weight excluding hydrogens is 268 g/mol. The number of nitrogens with zero attached hydrogens (tertiary/aromatic N) is 3. The first-order chi connectivity index (χ1) is 7.65. The van der Waals surface area contributed by atoms with Crippen molar-refractivity contribution in [2.45, 2.75) is 13.5 Å². The highest BCUT2D eigenvalue weighted by Crippen LogP contribution is 2.17. The first-order valence-corrected chi connectivity index (χ1v) is 5.78. The molecule has 4 nitrogen and oxygen atoms in total. The van der Waals surface area contributed by atoms with Gasteiger partial charge < -0.3 is 5.32 Å². The number of nitrogens with one attached hydrogen (secondary N) is 1. The fourth-order valence-electron chi connectivity index (χ4n) is 1.39. The smallest absolute Gasteiger partial charge is 0.126 e. The molecule has 0 atom stereocenters. The van der Waals surface area contributed by atoms with Crippen molar-refractivity contribution < 1.29 is 0 Å². The number of halogens is 1. The van der Waals surface area contributed by atoms with Gasteiger partial charge in [-0.2, -0.15) is 5.10 Å². The van der Waals surface area contributed by atoms with E-state index in [-0.39, 0.29) is 0 Å². The van der Waals surface area contributed by atoms with Crippen molar-refractivity contribution >= 4 is 21.7 Å². The second-order valence-corrected chi connectivity index (χ2v) is 4.55. The Balaban J connectivity index is 2.02. The molecule has 2 heterocycles.